The maximum atomic E-state index is 10.6. The summed E-state index contributed by atoms with van der Waals surface area (Å²) < 4.78 is 4.89. The molecule has 0 bridgehead atoms. The first-order chi connectivity index (χ1) is 8.65. The summed E-state index contributed by atoms with van der Waals surface area (Å²) >= 11 is 0. The fourth-order valence-electron chi connectivity index (χ4n) is 1.43. The van der Waals surface area contributed by atoms with Crippen molar-refractivity contribution in [3.05, 3.63) is 28.3 Å². The van der Waals surface area contributed by atoms with Crippen molar-refractivity contribution < 1.29 is 9.66 Å². The number of benzene rings is 1. The van der Waals surface area contributed by atoms with E-state index in [4.69, 9.17) is 10.5 Å². The van der Waals surface area contributed by atoms with Crippen molar-refractivity contribution in [1.29, 1.82) is 0 Å². The summed E-state index contributed by atoms with van der Waals surface area (Å²) in [5.41, 5.74) is 6.44. The van der Waals surface area contributed by atoms with Gasteiger partial charge < -0.3 is 21.1 Å². The van der Waals surface area contributed by atoms with Crippen molar-refractivity contribution >= 4 is 17.1 Å². The predicted molar refractivity (Wildman–Crippen MR) is 70.7 cm³/mol. The molecule has 0 aliphatic carbocycles. The zero-order chi connectivity index (χ0) is 13.4. The van der Waals surface area contributed by atoms with E-state index >= 15 is 0 Å². The fraction of sp³-hybridized carbons (Fsp3) is 0.455. The zero-order valence-corrected chi connectivity index (χ0v) is 10.3. The van der Waals surface area contributed by atoms with Gasteiger partial charge in [0.25, 0.3) is 5.69 Å². The normalized spacial score (nSPS) is 10.3. The van der Waals surface area contributed by atoms with Crippen molar-refractivity contribution in [2.24, 2.45) is 0 Å². The molecule has 0 saturated carbocycles. The third-order valence-electron chi connectivity index (χ3n) is 2.34. The number of nitrogen functional groups attached to an aromatic ring is 1. The Morgan fingerprint density at radius 1 is 1.39 bits per heavy atom. The number of nitrogens with two attached hydrogens (primary N) is 1. The SMILES string of the molecule is COCCNCCNc1ccc([N+](=O)[O-])c(N)c1. The van der Waals surface area contributed by atoms with Crippen molar-refractivity contribution in [2.45, 2.75) is 0 Å². The number of ether oxygens (including phenoxy) is 1. The number of anilines is 2. The van der Waals surface area contributed by atoms with Crippen LogP contribution in [0.2, 0.25) is 0 Å². The molecule has 100 valence electrons. The van der Waals surface area contributed by atoms with E-state index in [-0.39, 0.29) is 11.4 Å². The Kier molecular flexibility index (Phi) is 5.89. The number of hydrogen-bond donors (Lipinski definition) is 3. The lowest BCUT2D eigenvalue weighted by atomic mass is 10.2. The van der Waals surface area contributed by atoms with E-state index in [9.17, 15) is 10.1 Å². The van der Waals surface area contributed by atoms with Crippen LogP contribution in [0.1, 0.15) is 0 Å². The summed E-state index contributed by atoms with van der Waals surface area (Å²) in [6.07, 6.45) is 0. The molecule has 0 aliphatic rings. The zero-order valence-electron chi connectivity index (χ0n) is 10.3. The molecule has 0 aliphatic heterocycles. The average Bonchev–Trinajstić information content (AvgIpc) is 2.33. The van der Waals surface area contributed by atoms with E-state index in [0.29, 0.717) is 13.2 Å². The van der Waals surface area contributed by atoms with Gasteiger partial charge in [-0.15, -0.1) is 0 Å². The molecular weight excluding hydrogens is 236 g/mol. The van der Waals surface area contributed by atoms with Crippen LogP contribution in [0.4, 0.5) is 17.1 Å². The summed E-state index contributed by atoms with van der Waals surface area (Å²) in [6.45, 7) is 2.95. The molecule has 4 N–H and O–H groups in total. The highest BCUT2D eigenvalue weighted by molar-refractivity contribution is 5.65. The van der Waals surface area contributed by atoms with Crippen LogP contribution >= 0.6 is 0 Å². The molecule has 1 aromatic rings. The van der Waals surface area contributed by atoms with Crippen molar-refractivity contribution in [3.63, 3.8) is 0 Å². The molecule has 0 atom stereocenters. The molecule has 0 fully saturated rings. The smallest absolute Gasteiger partial charge is 0.292 e. The van der Waals surface area contributed by atoms with Gasteiger partial charge >= 0.3 is 0 Å². The fourth-order valence-corrected chi connectivity index (χ4v) is 1.43. The molecule has 1 aromatic carbocycles. The average molecular weight is 254 g/mol. The molecule has 0 saturated heterocycles. The monoisotopic (exact) mass is 254 g/mol. The van der Waals surface area contributed by atoms with Gasteiger partial charge in [0.15, 0.2) is 0 Å². The topological polar surface area (TPSA) is 102 Å². The van der Waals surface area contributed by atoms with Crippen LogP contribution in [0, 0.1) is 10.1 Å². The predicted octanol–water partition coefficient (Wildman–Crippen LogP) is 0.825. The first-order valence-electron chi connectivity index (χ1n) is 5.62. The van der Waals surface area contributed by atoms with Crippen LogP contribution in [-0.4, -0.2) is 38.3 Å². The van der Waals surface area contributed by atoms with Crippen LogP contribution in [0.3, 0.4) is 0 Å². The van der Waals surface area contributed by atoms with Crippen LogP contribution in [0.5, 0.6) is 0 Å². The molecule has 7 nitrogen and oxygen atoms in total. The highest BCUT2D eigenvalue weighted by Gasteiger charge is 2.10. The van der Waals surface area contributed by atoms with Gasteiger partial charge in [0.1, 0.15) is 5.69 Å². The van der Waals surface area contributed by atoms with Gasteiger partial charge in [-0.1, -0.05) is 0 Å². The third-order valence-corrected chi connectivity index (χ3v) is 2.34. The molecular formula is C11H18N4O3. The van der Waals surface area contributed by atoms with Crippen molar-refractivity contribution in [3.8, 4) is 0 Å². The molecule has 0 unspecified atom stereocenters. The van der Waals surface area contributed by atoms with Crippen molar-refractivity contribution in [2.75, 3.05) is 44.4 Å². The Bertz CT molecular complexity index is 398. The first kappa shape index (κ1) is 14.2. The number of nitro groups is 1. The number of nitro benzene ring substituents is 1. The van der Waals surface area contributed by atoms with Crippen LogP contribution in [0.15, 0.2) is 18.2 Å². The Labute approximate surface area is 105 Å². The van der Waals surface area contributed by atoms with E-state index < -0.39 is 4.92 Å². The number of rotatable bonds is 8. The lowest BCUT2D eigenvalue weighted by molar-refractivity contribution is -0.383. The van der Waals surface area contributed by atoms with Crippen LogP contribution < -0.4 is 16.4 Å². The van der Waals surface area contributed by atoms with Crippen LogP contribution in [-0.2, 0) is 4.74 Å². The molecule has 0 amide bonds. The minimum Gasteiger partial charge on any atom is -0.393 e. The minimum absolute atomic E-state index is 0.0706. The molecule has 18 heavy (non-hydrogen) atoms. The van der Waals surface area contributed by atoms with E-state index in [1.54, 1.807) is 19.2 Å². The van der Waals surface area contributed by atoms with E-state index in [1.165, 1.54) is 6.07 Å². The van der Waals surface area contributed by atoms with Gasteiger partial charge in [0.05, 0.1) is 11.5 Å². The van der Waals surface area contributed by atoms with Crippen LogP contribution in [0.25, 0.3) is 0 Å². The molecule has 0 spiro atoms. The summed E-state index contributed by atoms with van der Waals surface area (Å²) in [5.74, 6) is 0. The second-order valence-corrected chi connectivity index (χ2v) is 3.70. The lowest BCUT2D eigenvalue weighted by Gasteiger charge is -2.08. The minimum atomic E-state index is -0.495. The third kappa shape index (κ3) is 4.56. The lowest BCUT2D eigenvalue weighted by Crippen LogP contribution is -2.25. The van der Waals surface area contributed by atoms with E-state index in [1.807, 2.05) is 0 Å². The van der Waals surface area contributed by atoms with Crippen molar-refractivity contribution in [1.82, 2.24) is 5.32 Å². The summed E-state index contributed by atoms with van der Waals surface area (Å²) in [7, 11) is 1.65. The Balaban J connectivity index is 2.35. The highest BCUT2D eigenvalue weighted by Crippen LogP contribution is 2.24. The molecule has 0 aromatic heterocycles. The van der Waals surface area contributed by atoms with Gasteiger partial charge in [-0.05, 0) is 12.1 Å². The van der Waals surface area contributed by atoms with Gasteiger partial charge in [-0.3, -0.25) is 10.1 Å². The first-order valence-corrected chi connectivity index (χ1v) is 5.62. The number of nitrogens with zero attached hydrogens (tertiary/aromatic N) is 1. The second-order valence-electron chi connectivity index (χ2n) is 3.70. The quantitative estimate of drug-likeness (QED) is 0.275. The number of methoxy groups -OCH3 is 1. The second kappa shape index (κ2) is 7.46. The molecule has 0 radical (unpaired) electrons. The Morgan fingerprint density at radius 3 is 2.78 bits per heavy atom. The largest absolute Gasteiger partial charge is 0.393 e. The van der Waals surface area contributed by atoms with E-state index in [2.05, 4.69) is 10.6 Å². The molecule has 0 heterocycles. The van der Waals surface area contributed by atoms with Gasteiger partial charge in [-0.25, -0.2) is 0 Å². The van der Waals surface area contributed by atoms with Gasteiger partial charge in [0.2, 0.25) is 0 Å². The summed E-state index contributed by atoms with van der Waals surface area (Å²) in [4.78, 5) is 10.1. The molecule has 1 rings (SSSR count). The Hall–Kier alpha value is -1.86. The number of hydrogen-bond acceptors (Lipinski definition) is 6. The van der Waals surface area contributed by atoms with E-state index in [0.717, 1.165) is 18.8 Å². The summed E-state index contributed by atoms with van der Waals surface area (Å²) in [6, 6.07) is 4.60. The number of nitrogens with one attached hydrogen (secondary N) is 2. The van der Waals surface area contributed by atoms with Gasteiger partial charge in [-0.2, -0.15) is 0 Å². The van der Waals surface area contributed by atoms with Gasteiger partial charge in [0, 0.05) is 38.5 Å². The maximum Gasteiger partial charge on any atom is 0.292 e. The standard InChI is InChI=1S/C11H18N4O3/c1-18-7-6-13-4-5-14-9-2-3-11(15(16)17)10(12)8-9/h2-3,8,13-14H,4-7,12H2,1H3. The maximum absolute atomic E-state index is 10.6. The Morgan fingerprint density at radius 2 is 2.17 bits per heavy atom. The highest BCUT2D eigenvalue weighted by atomic mass is 16.6. The molecule has 7 heteroatoms. The summed E-state index contributed by atoms with van der Waals surface area (Å²) in [5, 5.41) is 16.9.